The molecule has 4 aromatic rings. The number of nitrogens with one attached hydrogen (secondary N) is 2. The summed E-state index contributed by atoms with van der Waals surface area (Å²) < 4.78 is 1.59. The molecule has 0 saturated heterocycles. The Balaban J connectivity index is 1.54. The van der Waals surface area contributed by atoms with E-state index < -0.39 is 5.25 Å². The molecule has 2 N–H and O–H groups in total. The van der Waals surface area contributed by atoms with Gasteiger partial charge in [-0.05, 0) is 50.2 Å². The van der Waals surface area contributed by atoms with Crippen molar-refractivity contribution in [2.75, 3.05) is 5.32 Å². The molecule has 8 nitrogen and oxygen atoms in total. The van der Waals surface area contributed by atoms with Crippen molar-refractivity contribution in [2.24, 2.45) is 0 Å². The number of nitrogens with zero attached hydrogens (tertiary/aromatic N) is 3. The van der Waals surface area contributed by atoms with Crippen LogP contribution in [-0.2, 0) is 4.79 Å². The lowest BCUT2D eigenvalue weighted by Gasteiger charge is -2.12. The molecule has 1 amide bonds. The zero-order valence-electron chi connectivity index (χ0n) is 16.8. The summed E-state index contributed by atoms with van der Waals surface area (Å²) in [7, 11) is 0. The van der Waals surface area contributed by atoms with Crippen LogP contribution in [0.25, 0.3) is 16.7 Å². The molecule has 156 valence electrons. The van der Waals surface area contributed by atoms with Gasteiger partial charge in [-0.15, -0.1) is 0 Å². The van der Waals surface area contributed by atoms with Crippen LogP contribution in [0.3, 0.4) is 0 Å². The number of amides is 1. The van der Waals surface area contributed by atoms with Crippen molar-refractivity contribution >= 4 is 40.2 Å². The minimum absolute atomic E-state index is 0.0398. The third kappa shape index (κ3) is 4.41. The quantitative estimate of drug-likeness (QED) is 0.274. The van der Waals surface area contributed by atoms with Gasteiger partial charge in [0.15, 0.2) is 16.6 Å². The normalized spacial score (nSPS) is 11.9. The van der Waals surface area contributed by atoms with Crippen LogP contribution in [0.4, 0.5) is 5.69 Å². The molecule has 1 atom stereocenters. The molecule has 0 saturated carbocycles. The van der Waals surface area contributed by atoms with Gasteiger partial charge in [-0.1, -0.05) is 30.0 Å². The lowest BCUT2D eigenvalue weighted by Crippen LogP contribution is -2.23. The zero-order chi connectivity index (χ0) is 22.0. The highest BCUT2D eigenvalue weighted by Gasteiger charge is 2.18. The van der Waals surface area contributed by atoms with Gasteiger partial charge < -0.3 is 10.3 Å². The first-order chi connectivity index (χ1) is 14.9. The van der Waals surface area contributed by atoms with Crippen LogP contribution >= 0.6 is 11.8 Å². The average Bonchev–Trinajstić information content (AvgIpc) is 3.19. The summed E-state index contributed by atoms with van der Waals surface area (Å²) in [6.45, 7) is 3.21. The number of Topliss-reactive ketones (excluding diaryl/α,β-unsaturated/α-hetero) is 1. The summed E-state index contributed by atoms with van der Waals surface area (Å²) in [5, 5.41) is 7.25. The predicted molar refractivity (Wildman–Crippen MR) is 120 cm³/mol. The number of para-hydroxylation sites is 1. The molecule has 31 heavy (non-hydrogen) atoms. The molecular formula is C22H19N5O3S. The summed E-state index contributed by atoms with van der Waals surface area (Å²) in [5.74, 6) is -0.290. The fourth-order valence-electron chi connectivity index (χ4n) is 2.97. The van der Waals surface area contributed by atoms with Crippen molar-refractivity contribution in [3.63, 3.8) is 0 Å². The monoisotopic (exact) mass is 433 g/mol. The number of carbonyl (C=O) groups is 2. The van der Waals surface area contributed by atoms with Crippen LogP contribution < -0.4 is 10.9 Å². The molecule has 0 spiro atoms. The van der Waals surface area contributed by atoms with Crippen LogP contribution in [0.1, 0.15) is 24.2 Å². The van der Waals surface area contributed by atoms with E-state index in [9.17, 15) is 14.4 Å². The standard InChI is InChI=1S/C22H19N5O3S/c1-13(28)15-8-10-16(11-9-15)24-20(29)14(2)31-22-25-19-18(21(30)26-22)12-23-27(19)17-6-4-3-5-7-17/h3-12,14H,1-2H3,(H,24,29)(H,25,26,30)/t14-/m0/s1. The Kier molecular flexibility index (Phi) is 5.68. The average molecular weight is 433 g/mol. The molecule has 2 heterocycles. The fourth-order valence-corrected chi connectivity index (χ4v) is 3.76. The van der Waals surface area contributed by atoms with Gasteiger partial charge in [0.1, 0.15) is 5.39 Å². The Hall–Kier alpha value is -3.72. The van der Waals surface area contributed by atoms with Crippen molar-refractivity contribution in [1.29, 1.82) is 0 Å². The van der Waals surface area contributed by atoms with E-state index in [0.717, 1.165) is 17.4 Å². The molecule has 0 fully saturated rings. The van der Waals surface area contributed by atoms with Gasteiger partial charge in [-0.25, -0.2) is 9.67 Å². The molecule has 0 aliphatic carbocycles. The van der Waals surface area contributed by atoms with Crippen molar-refractivity contribution in [1.82, 2.24) is 19.7 Å². The Bertz CT molecular complexity index is 1310. The van der Waals surface area contributed by atoms with E-state index >= 15 is 0 Å². The van der Waals surface area contributed by atoms with Gasteiger partial charge >= 0.3 is 0 Å². The minimum atomic E-state index is -0.527. The lowest BCUT2D eigenvalue weighted by atomic mass is 10.1. The predicted octanol–water partition coefficient (Wildman–Crippen LogP) is 3.43. The maximum atomic E-state index is 12.6. The van der Waals surface area contributed by atoms with Gasteiger partial charge in [-0.2, -0.15) is 5.10 Å². The first-order valence-electron chi connectivity index (χ1n) is 9.54. The highest BCUT2D eigenvalue weighted by Crippen LogP contribution is 2.22. The number of carbonyl (C=O) groups excluding carboxylic acids is 2. The number of hydrogen-bond acceptors (Lipinski definition) is 6. The number of H-pyrrole nitrogens is 1. The topological polar surface area (TPSA) is 110 Å². The Morgan fingerprint density at radius 2 is 1.81 bits per heavy atom. The molecule has 0 radical (unpaired) electrons. The van der Waals surface area contributed by atoms with Crippen molar-refractivity contribution in [3.05, 3.63) is 76.7 Å². The smallest absolute Gasteiger partial charge is 0.262 e. The van der Waals surface area contributed by atoms with Crippen LogP contribution in [0, 0.1) is 0 Å². The van der Waals surface area contributed by atoms with Crippen molar-refractivity contribution < 1.29 is 9.59 Å². The molecule has 0 unspecified atom stereocenters. The van der Waals surface area contributed by atoms with Crippen LogP contribution in [-0.4, -0.2) is 36.7 Å². The molecule has 0 bridgehead atoms. The highest BCUT2D eigenvalue weighted by atomic mass is 32.2. The first-order valence-corrected chi connectivity index (χ1v) is 10.4. The summed E-state index contributed by atoms with van der Waals surface area (Å²) >= 11 is 1.14. The molecule has 2 aromatic carbocycles. The molecule has 0 aliphatic heterocycles. The van der Waals surface area contributed by atoms with E-state index in [1.165, 1.54) is 13.1 Å². The largest absolute Gasteiger partial charge is 0.325 e. The Labute approximate surface area is 181 Å². The molecular weight excluding hydrogens is 414 g/mol. The maximum absolute atomic E-state index is 12.6. The van der Waals surface area contributed by atoms with Crippen molar-refractivity contribution in [2.45, 2.75) is 24.3 Å². The van der Waals surface area contributed by atoms with E-state index in [4.69, 9.17) is 0 Å². The van der Waals surface area contributed by atoms with E-state index in [2.05, 4.69) is 20.4 Å². The van der Waals surface area contributed by atoms with E-state index in [-0.39, 0.29) is 17.2 Å². The first kappa shape index (κ1) is 20.5. The minimum Gasteiger partial charge on any atom is -0.325 e. The molecule has 4 rings (SSSR count). The van der Waals surface area contributed by atoms with Gasteiger partial charge in [-0.3, -0.25) is 14.4 Å². The third-order valence-corrected chi connectivity index (χ3v) is 5.62. The number of thioether (sulfide) groups is 1. The second kappa shape index (κ2) is 8.57. The van der Waals surface area contributed by atoms with Crippen LogP contribution in [0.5, 0.6) is 0 Å². The van der Waals surface area contributed by atoms with E-state index in [1.807, 2.05) is 30.3 Å². The number of aromatic amines is 1. The lowest BCUT2D eigenvalue weighted by molar-refractivity contribution is -0.115. The van der Waals surface area contributed by atoms with E-state index in [1.54, 1.807) is 35.9 Å². The van der Waals surface area contributed by atoms with Gasteiger partial charge in [0.2, 0.25) is 5.91 Å². The number of anilines is 1. The third-order valence-electron chi connectivity index (χ3n) is 4.63. The number of rotatable bonds is 6. The molecule has 2 aromatic heterocycles. The van der Waals surface area contributed by atoms with Gasteiger partial charge in [0, 0.05) is 11.3 Å². The summed E-state index contributed by atoms with van der Waals surface area (Å²) in [6, 6.07) is 16.1. The van der Waals surface area contributed by atoms with E-state index in [0.29, 0.717) is 27.4 Å². The SMILES string of the molecule is CC(=O)c1ccc(NC(=O)[C@H](C)Sc2nc3c(cnn3-c3ccccc3)c(=O)[nH]2)cc1. The number of hydrogen-bond donors (Lipinski definition) is 2. The number of aromatic nitrogens is 4. The molecule has 9 heteroatoms. The zero-order valence-corrected chi connectivity index (χ0v) is 17.6. The van der Waals surface area contributed by atoms with Crippen LogP contribution in [0.2, 0.25) is 0 Å². The Morgan fingerprint density at radius 3 is 2.48 bits per heavy atom. The maximum Gasteiger partial charge on any atom is 0.262 e. The Morgan fingerprint density at radius 1 is 1.10 bits per heavy atom. The van der Waals surface area contributed by atoms with Crippen molar-refractivity contribution in [3.8, 4) is 5.69 Å². The second-order valence-corrected chi connectivity index (χ2v) is 8.21. The summed E-state index contributed by atoms with van der Waals surface area (Å²) in [6.07, 6.45) is 1.48. The van der Waals surface area contributed by atoms with Crippen LogP contribution in [0.15, 0.2) is 70.7 Å². The fraction of sp³-hybridized carbons (Fsp3) is 0.136. The number of benzene rings is 2. The van der Waals surface area contributed by atoms with Gasteiger partial charge in [0.05, 0.1) is 17.1 Å². The summed E-state index contributed by atoms with van der Waals surface area (Å²) in [5.41, 5.74) is 2.05. The molecule has 0 aliphatic rings. The number of fused-ring (bicyclic) bond motifs is 1. The number of ketones is 1. The summed E-state index contributed by atoms with van der Waals surface area (Å²) in [4.78, 5) is 43.7. The van der Waals surface area contributed by atoms with Gasteiger partial charge in [0.25, 0.3) is 5.56 Å². The second-order valence-electron chi connectivity index (χ2n) is 6.88. The highest BCUT2D eigenvalue weighted by molar-refractivity contribution is 8.00.